The second-order valence-electron chi connectivity index (χ2n) is 7.54. The van der Waals surface area contributed by atoms with Gasteiger partial charge in [-0.2, -0.15) is 0 Å². The molecule has 27 heavy (non-hydrogen) atoms. The Morgan fingerprint density at radius 3 is 2.85 bits per heavy atom. The number of nitrogens with one attached hydrogen (secondary N) is 2. The molecule has 2 aromatic carbocycles. The molecule has 1 aromatic heterocycles. The average molecular weight is 377 g/mol. The minimum absolute atomic E-state index is 0.0603. The highest BCUT2D eigenvalue weighted by Crippen LogP contribution is 2.56. The number of H-pyrrole nitrogens is 1. The SMILES string of the molecule is CC1(C)S[C@H]2c3ccccc3C(=O)N2[C@H]1C(=O)Nc1ccc2[nH]ccc2c1. The van der Waals surface area contributed by atoms with Crippen LogP contribution in [0.25, 0.3) is 10.9 Å². The van der Waals surface area contributed by atoms with Gasteiger partial charge in [0.15, 0.2) is 0 Å². The largest absolute Gasteiger partial charge is 0.361 e. The molecule has 0 aliphatic carbocycles. The molecule has 1 fully saturated rings. The molecule has 0 radical (unpaired) electrons. The van der Waals surface area contributed by atoms with Crippen molar-refractivity contribution in [2.75, 3.05) is 5.32 Å². The number of hydrogen-bond acceptors (Lipinski definition) is 3. The maximum absolute atomic E-state index is 13.2. The Hall–Kier alpha value is -2.73. The van der Waals surface area contributed by atoms with Crippen LogP contribution in [-0.4, -0.2) is 32.5 Å². The average Bonchev–Trinajstić information content (AvgIpc) is 3.28. The summed E-state index contributed by atoms with van der Waals surface area (Å²) >= 11 is 1.68. The normalized spacial score (nSPS) is 22.7. The highest BCUT2D eigenvalue weighted by atomic mass is 32.2. The third-order valence-electron chi connectivity index (χ3n) is 5.37. The van der Waals surface area contributed by atoms with Crippen molar-refractivity contribution >= 4 is 40.2 Å². The van der Waals surface area contributed by atoms with Gasteiger partial charge in [0.25, 0.3) is 5.91 Å². The first kappa shape index (κ1) is 16.4. The molecule has 0 spiro atoms. The zero-order valence-corrected chi connectivity index (χ0v) is 15.8. The lowest BCUT2D eigenvalue weighted by molar-refractivity contribution is -0.121. The summed E-state index contributed by atoms with van der Waals surface area (Å²) in [6.07, 6.45) is 1.87. The van der Waals surface area contributed by atoms with E-state index in [1.807, 2.05) is 68.6 Å². The van der Waals surface area contributed by atoms with Crippen LogP contribution in [0.4, 0.5) is 5.69 Å². The van der Waals surface area contributed by atoms with Gasteiger partial charge in [-0.25, -0.2) is 0 Å². The second-order valence-corrected chi connectivity index (χ2v) is 9.28. The number of carbonyl (C=O) groups excluding carboxylic acids is 2. The maximum atomic E-state index is 13.2. The number of benzene rings is 2. The van der Waals surface area contributed by atoms with E-state index in [0.29, 0.717) is 5.56 Å². The summed E-state index contributed by atoms with van der Waals surface area (Å²) in [6.45, 7) is 4.07. The van der Waals surface area contributed by atoms with E-state index in [1.54, 1.807) is 16.7 Å². The van der Waals surface area contributed by atoms with E-state index in [0.717, 1.165) is 22.2 Å². The van der Waals surface area contributed by atoms with Crippen LogP contribution in [0.15, 0.2) is 54.7 Å². The minimum atomic E-state index is -0.533. The van der Waals surface area contributed by atoms with Crippen molar-refractivity contribution in [2.24, 2.45) is 0 Å². The maximum Gasteiger partial charge on any atom is 0.256 e. The first-order valence-electron chi connectivity index (χ1n) is 8.93. The van der Waals surface area contributed by atoms with Gasteiger partial charge in [-0.1, -0.05) is 18.2 Å². The molecular weight excluding hydrogens is 358 g/mol. The zero-order chi connectivity index (χ0) is 18.8. The van der Waals surface area contributed by atoms with Gasteiger partial charge in [0.2, 0.25) is 5.91 Å². The highest BCUT2D eigenvalue weighted by Gasteiger charge is 2.57. The Kier molecular flexibility index (Phi) is 3.43. The van der Waals surface area contributed by atoms with Crippen LogP contribution < -0.4 is 5.32 Å². The summed E-state index contributed by atoms with van der Waals surface area (Å²) in [7, 11) is 0. The van der Waals surface area contributed by atoms with Crippen molar-refractivity contribution in [1.82, 2.24) is 9.88 Å². The van der Waals surface area contributed by atoms with E-state index in [1.165, 1.54) is 0 Å². The van der Waals surface area contributed by atoms with E-state index in [2.05, 4.69) is 10.3 Å². The van der Waals surface area contributed by atoms with E-state index in [-0.39, 0.29) is 21.9 Å². The number of anilines is 1. The number of nitrogens with zero attached hydrogens (tertiary/aromatic N) is 1. The van der Waals surface area contributed by atoms with Crippen LogP contribution in [0.2, 0.25) is 0 Å². The Bertz CT molecular complexity index is 1090. The Labute approximate surface area is 161 Å². The molecule has 0 unspecified atom stereocenters. The second kappa shape index (κ2) is 5.63. The van der Waals surface area contributed by atoms with Crippen molar-refractivity contribution in [1.29, 1.82) is 0 Å². The van der Waals surface area contributed by atoms with Crippen molar-refractivity contribution < 1.29 is 9.59 Å². The van der Waals surface area contributed by atoms with E-state index < -0.39 is 6.04 Å². The Morgan fingerprint density at radius 2 is 2.00 bits per heavy atom. The first-order chi connectivity index (χ1) is 13.0. The van der Waals surface area contributed by atoms with Gasteiger partial charge in [0.1, 0.15) is 11.4 Å². The Balaban J connectivity index is 1.48. The molecular formula is C21H19N3O2S. The highest BCUT2D eigenvalue weighted by molar-refractivity contribution is 8.01. The van der Waals surface area contributed by atoms with Crippen LogP contribution in [0.5, 0.6) is 0 Å². The summed E-state index contributed by atoms with van der Waals surface area (Å²) in [5.41, 5.74) is 3.47. The molecule has 3 aromatic rings. The van der Waals surface area contributed by atoms with Gasteiger partial charge < -0.3 is 15.2 Å². The first-order valence-corrected chi connectivity index (χ1v) is 9.81. The third kappa shape index (κ3) is 2.40. The fourth-order valence-corrected chi connectivity index (χ4v) is 5.73. The van der Waals surface area contributed by atoms with Gasteiger partial charge in [-0.15, -0.1) is 11.8 Å². The fraction of sp³-hybridized carbons (Fsp3) is 0.238. The number of hydrogen-bond donors (Lipinski definition) is 2. The number of rotatable bonds is 2. The van der Waals surface area contributed by atoms with E-state index in [9.17, 15) is 9.59 Å². The predicted octanol–water partition coefficient (Wildman–Crippen LogP) is 4.16. The molecule has 3 heterocycles. The van der Waals surface area contributed by atoms with Crippen molar-refractivity contribution in [2.45, 2.75) is 30.0 Å². The van der Waals surface area contributed by atoms with Crippen LogP contribution in [0.1, 0.15) is 35.1 Å². The molecule has 2 atom stereocenters. The quantitative estimate of drug-likeness (QED) is 0.705. The number of aromatic amines is 1. The van der Waals surface area contributed by atoms with Crippen molar-refractivity contribution in [3.8, 4) is 0 Å². The van der Waals surface area contributed by atoms with Gasteiger partial charge >= 0.3 is 0 Å². The lowest BCUT2D eigenvalue weighted by atomic mass is 10.0. The number of thioether (sulfide) groups is 1. The van der Waals surface area contributed by atoms with Gasteiger partial charge in [-0.05, 0) is 49.7 Å². The fourth-order valence-electron chi connectivity index (χ4n) is 4.15. The third-order valence-corrected chi connectivity index (χ3v) is 6.90. The van der Waals surface area contributed by atoms with Crippen LogP contribution >= 0.6 is 11.8 Å². The molecule has 2 aliphatic heterocycles. The molecule has 2 aliphatic rings. The van der Waals surface area contributed by atoms with Crippen molar-refractivity contribution in [3.05, 3.63) is 65.9 Å². The molecule has 2 N–H and O–H groups in total. The topological polar surface area (TPSA) is 65.2 Å². The van der Waals surface area contributed by atoms with Crippen LogP contribution in [0.3, 0.4) is 0 Å². The van der Waals surface area contributed by atoms with Gasteiger partial charge in [-0.3, -0.25) is 9.59 Å². The summed E-state index contributed by atoms with van der Waals surface area (Å²) in [5.74, 6) is -0.207. The van der Waals surface area contributed by atoms with Crippen molar-refractivity contribution in [3.63, 3.8) is 0 Å². The summed E-state index contributed by atoms with van der Waals surface area (Å²) < 4.78 is -0.379. The molecule has 5 rings (SSSR count). The molecule has 0 bridgehead atoms. The van der Waals surface area contributed by atoms with E-state index in [4.69, 9.17) is 0 Å². The standard InChI is InChI=1S/C21H19N3O2S/c1-21(2)17(18(25)23-13-7-8-16-12(11-13)9-10-22-16)24-19(26)14-5-3-4-6-15(14)20(24)27-21/h3-11,17,20,22H,1-2H3,(H,23,25)/t17-,20-/m0/s1. The minimum Gasteiger partial charge on any atom is -0.361 e. The molecule has 0 saturated carbocycles. The summed E-state index contributed by atoms with van der Waals surface area (Å²) in [6, 6.07) is 14.9. The number of amides is 2. The number of aromatic nitrogens is 1. The molecule has 6 heteroatoms. The summed E-state index contributed by atoms with van der Waals surface area (Å²) in [5, 5.41) is 3.95. The Morgan fingerprint density at radius 1 is 1.19 bits per heavy atom. The van der Waals surface area contributed by atoms with E-state index >= 15 is 0 Å². The molecule has 2 amide bonds. The zero-order valence-electron chi connectivity index (χ0n) is 15.0. The number of fused-ring (bicyclic) bond motifs is 4. The van der Waals surface area contributed by atoms with Crippen LogP contribution in [-0.2, 0) is 4.79 Å². The monoisotopic (exact) mass is 377 g/mol. The van der Waals surface area contributed by atoms with Gasteiger partial charge in [0, 0.05) is 33.1 Å². The molecule has 136 valence electrons. The lowest BCUT2D eigenvalue weighted by Crippen LogP contribution is -2.50. The summed E-state index contributed by atoms with van der Waals surface area (Å²) in [4.78, 5) is 31.1. The molecule has 1 saturated heterocycles. The van der Waals surface area contributed by atoms with Gasteiger partial charge in [0.05, 0.1) is 0 Å². The lowest BCUT2D eigenvalue weighted by Gasteiger charge is -2.29. The molecule has 5 nitrogen and oxygen atoms in total. The number of carbonyl (C=O) groups is 2. The van der Waals surface area contributed by atoms with Crippen LogP contribution in [0, 0.1) is 0 Å². The predicted molar refractivity (Wildman–Crippen MR) is 108 cm³/mol. The smallest absolute Gasteiger partial charge is 0.256 e.